The van der Waals surface area contributed by atoms with Crippen LogP contribution in [0.1, 0.15) is 17.9 Å². The summed E-state index contributed by atoms with van der Waals surface area (Å²) >= 11 is 0. The summed E-state index contributed by atoms with van der Waals surface area (Å²) in [6, 6.07) is 13.2. The Balaban J connectivity index is 1.87. The van der Waals surface area contributed by atoms with Gasteiger partial charge in [-0.25, -0.2) is 12.7 Å². The molecule has 1 aliphatic rings. The minimum Gasteiger partial charge on any atom is -0.326 e. The van der Waals surface area contributed by atoms with E-state index in [0.717, 1.165) is 9.87 Å². The Labute approximate surface area is 152 Å². The molecule has 1 heterocycles. The van der Waals surface area contributed by atoms with Gasteiger partial charge in [0.25, 0.3) is 0 Å². The van der Waals surface area contributed by atoms with Crippen molar-refractivity contribution in [2.75, 3.05) is 24.7 Å². The van der Waals surface area contributed by atoms with Crippen molar-refractivity contribution in [2.45, 2.75) is 17.2 Å². The van der Waals surface area contributed by atoms with Gasteiger partial charge in [-0.1, -0.05) is 24.3 Å². The smallest absolute Gasteiger partial charge is 0.242 e. The lowest BCUT2D eigenvalue weighted by atomic mass is 9.90. The molecule has 3 rings (SSSR count). The zero-order valence-electron chi connectivity index (χ0n) is 14.4. The number of hydrogen-bond acceptors (Lipinski definition) is 4. The maximum absolute atomic E-state index is 12.7. The van der Waals surface area contributed by atoms with Gasteiger partial charge in [0.2, 0.25) is 21.8 Å². The zero-order valence-corrected chi connectivity index (χ0v) is 15.2. The van der Waals surface area contributed by atoms with Crippen molar-refractivity contribution in [1.82, 2.24) is 4.31 Å². The van der Waals surface area contributed by atoms with Crippen molar-refractivity contribution in [3.63, 3.8) is 0 Å². The predicted molar refractivity (Wildman–Crippen MR) is 98.4 cm³/mol. The molecule has 1 aliphatic heterocycles. The lowest BCUT2D eigenvalue weighted by Crippen LogP contribution is -2.30. The van der Waals surface area contributed by atoms with Gasteiger partial charge in [-0.2, -0.15) is 0 Å². The van der Waals surface area contributed by atoms with Crippen LogP contribution in [0.15, 0.2) is 53.4 Å². The number of rotatable bonds is 4. The summed E-state index contributed by atoms with van der Waals surface area (Å²) in [6.45, 7) is 0. The van der Waals surface area contributed by atoms with Crippen molar-refractivity contribution in [1.29, 1.82) is 0 Å². The third-order valence-corrected chi connectivity index (χ3v) is 6.01. The molecule has 2 aromatic carbocycles. The Kier molecular flexibility index (Phi) is 4.80. The summed E-state index contributed by atoms with van der Waals surface area (Å²) in [5, 5.41) is 5.47. The van der Waals surface area contributed by atoms with E-state index in [4.69, 9.17) is 0 Å². The number of benzene rings is 2. The van der Waals surface area contributed by atoms with Gasteiger partial charge in [-0.15, -0.1) is 0 Å². The number of hydrogen-bond donors (Lipinski definition) is 2. The average molecular weight is 373 g/mol. The molecule has 0 saturated heterocycles. The number of sulfonamides is 1. The topological polar surface area (TPSA) is 95.6 Å². The second kappa shape index (κ2) is 6.89. The van der Waals surface area contributed by atoms with E-state index in [9.17, 15) is 18.0 Å². The highest BCUT2D eigenvalue weighted by molar-refractivity contribution is 7.89. The van der Waals surface area contributed by atoms with Gasteiger partial charge in [0.05, 0.1) is 10.8 Å². The van der Waals surface area contributed by atoms with Gasteiger partial charge in [0.1, 0.15) is 0 Å². The number of fused-ring (bicyclic) bond motifs is 1. The molecule has 0 fully saturated rings. The van der Waals surface area contributed by atoms with E-state index in [2.05, 4.69) is 10.6 Å². The van der Waals surface area contributed by atoms with Crippen molar-refractivity contribution < 1.29 is 18.0 Å². The van der Waals surface area contributed by atoms with E-state index in [0.29, 0.717) is 11.4 Å². The van der Waals surface area contributed by atoms with Crippen LogP contribution in [0.4, 0.5) is 11.4 Å². The van der Waals surface area contributed by atoms with Gasteiger partial charge in [0, 0.05) is 31.9 Å². The highest BCUT2D eigenvalue weighted by Crippen LogP contribution is 2.33. The van der Waals surface area contributed by atoms with Crippen LogP contribution in [0.2, 0.25) is 0 Å². The van der Waals surface area contributed by atoms with Crippen molar-refractivity contribution in [3.05, 3.63) is 54.1 Å². The van der Waals surface area contributed by atoms with Crippen molar-refractivity contribution >= 4 is 33.2 Å². The molecule has 2 aromatic rings. The molecule has 1 atom stereocenters. The van der Waals surface area contributed by atoms with E-state index in [1.54, 1.807) is 36.4 Å². The maximum Gasteiger partial charge on any atom is 0.242 e. The first-order valence-corrected chi connectivity index (χ1v) is 9.45. The molecule has 26 heavy (non-hydrogen) atoms. The minimum absolute atomic E-state index is 0.0402. The zero-order chi connectivity index (χ0) is 18.9. The molecule has 0 radical (unpaired) electrons. The SMILES string of the molecule is CN(C)S(=O)(=O)c1cccc(NC(=O)[C@@H]2CC(=O)Nc3ccccc32)c1. The highest BCUT2D eigenvalue weighted by atomic mass is 32.2. The number of anilines is 2. The van der Waals surface area contributed by atoms with Crippen LogP contribution < -0.4 is 10.6 Å². The fraction of sp³-hybridized carbons (Fsp3) is 0.222. The summed E-state index contributed by atoms with van der Waals surface area (Å²) in [6.07, 6.45) is 0.0402. The normalized spacial score (nSPS) is 16.7. The Morgan fingerprint density at radius 2 is 1.88 bits per heavy atom. The Bertz CT molecular complexity index is 970. The Morgan fingerprint density at radius 3 is 2.62 bits per heavy atom. The predicted octanol–water partition coefficient (Wildman–Crippen LogP) is 2.00. The number of nitrogens with zero attached hydrogens (tertiary/aromatic N) is 1. The van der Waals surface area contributed by atoms with Crippen molar-refractivity contribution in [2.24, 2.45) is 0 Å². The lowest BCUT2D eigenvalue weighted by Gasteiger charge is -2.24. The van der Waals surface area contributed by atoms with Crippen LogP contribution in [-0.4, -0.2) is 38.6 Å². The fourth-order valence-corrected chi connectivity index (χ4v) is 3.77. The van der Waals surface area contributed by atoms with E-state index >= 15 is 0 Å². The molecular formula is C18H19N3O4S. The quantitative estimate of drug-likeness (QED) is 0.857. The van der Waals surface area contributed by atoms with Crippen LogP contribution in [0.3, 0.4) is 0 Å². The molecule has 136 valence electrons. The molecule has 0 aromatic heterocycles. The molecule has 8 heteroatoms. The summed E-state index contributed by atoms with van der Waals surface area (Å²) in [5.41, 5.74) is 1.72. The van der Waals surface area contributed by atoms with Gasteiger partial charge in [-0.3, -0.25) is 9.59 Å². The second-order valence-electron chi connectivity index (χ2n) is 6.20. The van der Waals surface area contributed by atoms with Crippen LogP contribution >= 0.6 is 0 Å². The first-order chi connectivity index (χ1) is 12.3. The highest BCUT2D eigenvalue weighted by Gasteiger charge is 2.30. The molecule has 7 nitrogen and oxygen atoms in total. The summed E-state index contributed by atoms with van der Waals surface area (Å²) < 4.78 is 25.6. The van der Waals surface area contributed by atoms with E-state index in [-0.39, 0.29) is 23.1 Å². The van der Waals surface area contributed by atoms with Crippen LogP contribution in [0.5, 0.6) is 0 Å². The number of nitrogens with one attached hydrogen (secondary N) is 2. The van der Waals surface area contributed by atoms with Crippen LogP contribution in [-0.2, 0) is 19.6 Å². The molecule has 0 unspecified atom stereocenters. The van der Waals surface area contributed by atoms with Crippen LogP contribution in [0, 0.1) is 0 Å². The summed E-state index contributed by atoms with van der Waals surface area (Å²) in [5.74, 6) is -1.21. The number of para-hydroxylation sites is 1. The number of carbonyl (C=O) groups is 2. The summed E-state index contributed by atoms with van der Waals surface area (Å²) in [4.78, 5) is 24.7. The Hall–Kier alpha value is -2.71. The molecule has 2 N–H and O–H groups in total. The van der Waals surface area contributed by atoms with E-state index in [1.165, 1.54) is 26.2 Å². The largest absolute Gasteiger partial charge is 0.326 e. The maximum atomic E-state index is 12.7. The van der Waals surface area contributed by atoms with Crippen LogP contribution in [0.25, 0.3) is 0 Å². The standard InChI is InChI=1S/C18H19N3O4S/c1-21(2)26(24,25)13-7-5-6-12(10-13)19-18(23)15-11-17(22)20-16-9-4-3-8-14(15)16/h3-10,15H,11H2,1-2H3,(H,19,23)(H,20,22)/t15-/m1/s1. The molecule has 0 saturated carbocycles. The third-order valence-electron chi connectivity index (χ3n) is 4.20. The molecule has 0 spiro atoms. The van der Waals surface area contributed by atoms with Gasteiger partial charge < -0.3 is 10.6 Å². The second-order valence-corrected chi connectivity index (χ2v) is 8.35. The Morgan fingerprint density at radius 1 is 1.15 bits per heavy atom. The molecular weight excluding hydrogens is 354 g/mol. The van der Waals surface area contributed by atoms with Gasteiger partial charge >= 0.3 is 0 Å². The number of carbonyl (C=O) groups excluding carboxylic acids is 2. The lowest BCUT2D eigenvalue weighted by molar-refractivity contribution is -0.123. The first kappa shape index (κ1) is 18.1. The van der Waals surface area contributed by atoms with E-state index in [1.807, 2.05) is 0 Å². The molecule has 0 aliphatic carbocycles. The van der Waals surface area contributed by atoms with E-state index < -0.39 is 15.9 Å². The number of amides is 2. The average Bonchev–Trinajstić information content (AvgIpc) is 2.61. The van der Waals surface area contributed by atoms with Gasteiger partial charge in [-0.05, 0) is 29.8 Å². The molecule has 2 amide bonds. The minimum atomic E-state index is -3.60. The summed E-state index contributed by atoms with van der Waals surface area (Å²) in [7, 11) is -0.714. The molecule has 0 bridgehead atoms. The fourth-order valence-electron chi connectivity index (χ4n) is 2.82. The third kappa shape index (κ3) is 3.47. The van der Waals surface area contributed by atoms with Gasteiger partial charge in [0.15, 0.2) is 0 Å². The van der Waals surface area contributed by atoms with Crippen molar-refractivity contribution in [3.8, 4) is 0 Å². The monoisotopic (exact) mass is 373 g/mol. The first-order valence-electron chi connectivity index (χ1n) is 8.01.